The molecule has 0 saturated heterocycles. The maximum atomic E-state index is 11.3. The van der Waals surface area contributed by atoms with Crippen molar-refractivity contribution in [2.45, 2.75) is 0 Å². The molecule has 0 bridgehead atoms. The first kappa shape index (κ1) is 8.47. The summed E-state index contributed by atoms with van der Waals surface area (Å²) in [5, 5.41) is 0. The Bertz CT molecular complexity index is 477. The molecule has 66 valence electrons. The van der Waals surface area contributed by atoms with E-state index in [-0.39, 0.29) is 5.56 Å². The van der Waals surface area contributed by atoms with Gasteiger partial charge in [0.1, 0.15) is 0 Å². The summed E-state index contributed by atoms with van der Waals surface area (Å²) in [6.07, 6.45) is 2.89. The minimum absolute atomic E-state index is 0.145. The molecule has 0 aliphatic rings. The van der Waals surface area contributed by atoms with Gasteiger partial charge in [0.05, 0.1) is 16.2 Å². The molecule has 13 heavy (non-hydrogen) atoms. The van der Waals surface area contributed by atoms with E-state index in [4.69, 9.17) is 11.6 Å². The molecule has 1 N–H and O–H groups in total. The van der Waals surface area contributed by atoms with Gasteiger partial charge < -0.3 is 4.98 Å². The van der Waals surface area contributed by atoms with E-state index in [0.717, 1.165) is 4.88 Å². The second-order valence-electron chi connectivity index (χ2n) is 2.40. The number of rotatable bonds is 1. The van der Waals surface area contributed by atoms with E-state index < -0.39 is 0 Å². The first-order valence-corrected chi connectivity index (χ1v) is 4.75. The molecular weight excluding hydrogens is 208 g/mol. The molecule has 0 atom stereocenters. The molecule has 0 saturated carbocycles. The van der Waals surface area contributed by atoms with Gasteiger partial charge in [-0.3, -0.25) is 4.79 Å². The number of halogens is 1. The van der Waals surface area contributed by atoms with Crippen LogP contribution in [-0.4, -0.2) is 9.97 Å². The van der Waals surface area contributed by atoms with Crippen LogP contribution in [0.5, 0.6) is 0 Å². The molecule has 0 aliphatic carbocycles. The minimum atomic E-state index is -0.145. The molecule has 0 spiro atoms. The lowest BCUT2D eigenvalue weighted by Gasteiger charge is -1.92. The summed E-state index contributed by atoms with van der Waals surface area (Å²) < 4.78 is 0.665. The fourth-order valence-electron chi connectivity index (χ4n) is 0.979. The number of aromatic nitrogens is 2. The van der Waals surface area contributed by atoms with E-state index in [1.807, 2.05) is 0 Å². The van der Waals surface area contributed by atoms with Crippen molar-refractivity contribution in [1.29, 1.82) is 0 Å². The molecule has 0 unspecified atom stereocenters. The van der Waals surface area contributed by atoms with E-state index in [1.165, 1.54) is 23.9 Å². The number of H-pyrrole nitrogens is 1. The van der Waals surface area contributed by atoms with E-state index in [2.05, 4.69) is 9.97 Å². The largest absolute Gasteiger partial charge is 0.313 e. The Hall–Kier alpha value is -1.13. The number of nitrogens with zero attached hydrogens (tertiary/aromatic N) is 1. The Morgan fingerprint density at radius 3 is 2.92 bits per heavy atom. The highest BCUT2D eigenvalue weighted by molar-refractivity contribution is 7.19. The van der Waals surface area contributed by atoms with E-state index in [0.29, 0.717) is 9.90 Å². The lowest BCUT2D eigenvalue weighted by molar-refractivity contribution is 1.12. The SMILES string of the molecule is O=c1[nH]cncc1-c1ccc(Cl)s1. The summed E-state index contributed by atoms with van der Waals surface area (Å²) >= 11 is 7.11. The van der Waals surface area contributed by atoms with Crippen molar-refractivity contribution in [3.63, 3.8) is 0 Å². The molecule has 2 heterocycles. The smallest absolute Gasteiger partial charge is 0.259 e. The van der Waals surface area contributed by atoms with Crippen molar-refractivity contribution in [2.75, 3.05) is 0 Å². The third kappa shape index (κ3) is 1.64. The third-order valence-corrected chi connectivity index (χ3v) is 2.82. The summed E-state index contributed by atoms with van der Waals surface area (Å²) in [5.41, 5.74) is 0.410. The van der Waals surface area contributed by atoms with E-state index in [9.17, 15) is 4.79 Å². The monoisotopic (exact) mass is 212 g/mol. The fraction of sp³-hybridized carbons (Fsp3) is 0. The molecule has 0 fully saturated rings. The predicted octanol–water partition coefficient (Wildman–Crippen LogP) is 2.15. The van der Waals surface area contributed by atoms with Crippen LogP contribution in [-0.2, 0) is 0 Å². The van der Waals surface area contributed by atoms with Crippen molar-refractivity contribution in [3.8, 4) is 10.4 Å². The van der Waals surface area contributed by atoms with Crippen LogP contribution in [0.15, 0.2) is 29.5 Å². The van der Waals surface area contributed by atoms with E-state index in [1.54, 1.807) is 12.1 Å². The Labute approximate surface area is 83.0 Å². The summed E-state index contributed by atoms with van der Waals surface area (Å²) in [6.45, 7) is 0. The van der Waals surface area contributed by atoms with Gasteiger partial charge in [0.15, 0.2) is 0 Å². The van der Waals surface area contributed by atoms with Gasteiger partial charge in [0.25, 0.3) is 5.56 Å². The molecule has 0 aromatic carbocycles. The standard InChI is InChI=1S/C8H5ClN2OS/c9-7-2-1-6(13-7)5-3-10-4-11-8(5)12/h1-4H,(H,10,11,12). The second kappa shape index (κ2) is 3.32. The van der Waals surface area contributed by atoms with Crippen LogP contribution in [0.3, 0.4) is 0 Å². The first-order chi connectivity index (χ1) is 6.27. The molecule has 0 amide bonds. The van der Waals surface area contributed by atoms with Crippen molar-refractivity contribution >= 4 is 22.9 Å². The zero-order chi connectivity index (χ0) is 9.26. The minimum Gasteiger partial charge on any atom is -0.313 e. The van der Waals surface area contributed by atoms with Crippen LogP contribution in [0.2, 0.25) is 4.34 Å². The molecular formula is C8H5ClN2OS. The van der Waals surface area contributed by atoms with Gasteiger partial charge in [-0.1, -0.05) is 11.6 Å². The second-order valence-corrected chi connectivity index (χ2v) is 4.11. The molecule has 5 heteroatoms. The van der Waals surface area contributed by atoms with Crippen LogP contribution < -0.4 is 5.56 Å². The van der Waals surface area contributed by atoms with Gasteiger partial charge in [-0.25, -0.2) is 4.98 Å². The maximum Gasteiger partial charge on any atom is 0.259 e. The third-order valence-electron chi connectivity index (χ3n) is 1.56. The zero-order valence-corrected chi connectivity index (χ0v) is 8.02. The highest BCUT2D eigenvalue weighted by Gasteiger charge is 2.04. The highest BCUT2D eigenvalue weighted by atomic mass is 35.5. The number of aromatic amines is 1. The molecule has 0 radical (unpaired) electrons. The number of hydrogen-bond acceptors (Lipinski definition) is 3. The number of hydrogen-bond donors (Lipinski definition) is 1. The van der Waals surface area contributed by atoms with Crippen LogP contribution >= 0.6 is 22.9 Å². The molecule has 2 aromatic rings. The lowest BCUT2D eigenvalue weighted by Crippen LogP contribution is -2.07. The Balaban J connectivity index is 2.59. The van der Waals surface area contributed by atoms with Gasteiger partial charge in [0, 0.05) is 11.1 Å². The quantitative estimate of drug-likeness (QED) is 0.788. The topological polar surface area (TPSA) is 45.8 Å². The van der Waals surface area contributed by atoms with Crippen LogP contribution in [0.25, 0.3) is 10.4 Å². The molecule has 2 aromatic heterocycles. The Kier molecular flexibility index (Phi) is 2.16. The number of nitrogens with one attached hydrogen (secondary N) is 1. The Morgan fingerprint density at radius 1 is 1.46 bits per heavy atom. The van der Waals surface area contributed by atoms with Gasteiger partial charge in [-0.2, -0.15) is 0 Å². The van der Waals surface area contributed by atoms with Crippen molar-refractivity contribution in [3.05, 3.63) is 39.3 Å². The summed E-state index contributed by atoms with van der Waals surface area (Å²) in [7, 11) is 0. The average Bonchev–Trinajstić information content (AvgIpc) is 2.53. The van der Waals surface area contributed by atoms with Gasteiger partial charge in [0.2, 0.25) is 0 Å². The zero-order valence-electron chi connectivity index (χ0n) is 6.45. The maximum absolute atomic E-state index is 11.3. The van der Waals surface area contributed by atoms with E-state index >= 15 is 0 Å². The Morgan fingerprint density at radius 2 is 2.31 bits per heavy atom. The first-order valence-electron chi connectivity index (χ1n) is 3.56. The van der Waals surface area contributed by atoms with Gasteiger partial charge >= 0.3 is 0 Å². The van der Waals surface area contributed by atoms with Crippen LogP contribution in [0.4, 0.5) is 0 Å². The fourth-order valence-corrected chi connectivity index (χ4v) is 2.03. The molecule has 0 aliphatic heterocycles. The highest BCUT2D eigenvalue weighted by Crippen LogP contribution is 2.28. The predicted molar refractivity (Wildman–Crippen MR) is 53.2 cm³/mol. The van der Waals surface area contributed by atoms with Crippen LogP contribution in [0, 0.1) is 0 Å². The molecule has 2 rings (SSSR count). The van der Waals surface area contributed by atoms with Crippen LogP contribution in [0.1, 0.15) is 0 Å². The van der Waals surface area contributed by atoms with Gasteiger partial charge in [-0.05, 0) is 12.1 Å². The molecule has 3 nitrogen and oxygen atoms in total. The van der Waals surface area contributed by atoms with Gasteiger partial charge in [-0.15, -0.1) is 11.3 Å². The average molecular weight is 213 g/mol. The summed E-state index contributed by atoms with van der Waals surface area (Å²) in [4.78, 5) is 18.5. The normalized spacial score (nSPS) is 10.2. The summed E-state index contributed by atoms with van der Waals surface area (Å²) in [6, 6.07) is 3.56. The lowest BCUT2D eigenvalue weighted by atomic mass is 10.3. The van der Waals surface area contributed by atoms with Crippen molar-refractivity contribution in [1.82, 2.24) is 9.97 Å². The number of thiophene rings is 1. The summed E-state index contributed by atoms with van der Waals surface area (Å²) in [5.74, 6) is 0. The van der Waals surface area contributed by atoms with Crippen molar-refractivity contribution < 1.29 is 0 Å². The van der Waals surface area contributed by atoms with Crippen molar-refractivity contribution in [2.24, 2.45) is 0 Å².